The number of aromatic nitrogens is 2. The molecule has 3 nitrogen and oxygen atoms in total. The van der Waals surface area contributed by atoms with Gasteiger partial charge < -0.3 is 4.43 Å². The van der Waals surface area contributed by atoms with Crippen LogP contribution in [0, 0.1) is 0 Å². The van der Waals surface area contributed by atoms with Crippen LogP contribution >= 0.6 is 11.6 Å². The van der Waals surface area contributed by atoms with Crippen molar-refractivity contribution in [2.24, 2.45) is 0 Å². The van der Waals surface area contributed by atoms with Gasteiger partial charge in [-0.2, -0.15) is 0 Å². The summed E-state index contributed by atoms with van der Waals surface area (Å²) in [4.78, 5) is 9.38. The third-order valence-corrected chi connectivity index (χ3v) is 9.85. The van der Waals surface area contributed by atoms with Crippen LogP contribution in [0.2, 0.25) is 23.3 Å². The van der Waals surface area contributed by atoms with Gasteiger partial charge in [0.1, 0.15) is 11.3 Å². The minimum atomic E-state index is -2.04. The van der Waals surface area contributed by atoms with E-state index in [-0.39, 0.29) is 11.1 Å². The van der Waals surface area contributed by atoms with Gasteiger partial charge in [-0.25, -0.2) is 9.97 Å². The maximum atomic E-state index is 6.73. The van der Waals surface area contributed by atoms with Gasteiger partial charge in [0.25, 0.3) is 0 Å². The van der Waals surface area contributed by atoms with E-state index < -0.39 is 8.32 Å². The van der Waals surface area contributed by atoms with Crippen LogP contribution in [-0.2, 0) is 4.43 Å². The summed E-state index contributed by atoms with van der Waals surface area (Å²) in [6.45, 7) is 11.2. The van der Waals surface area contributed by atoms with Crippen molar-refractivity contribution in [2.75, 3.05) is 0 Å². The summed E-state index contributed by atoms with van der Waals surface area (Å²) in [6, 6.07) is 17.9. The van der Waals surface area contributed by atoms with Gasteiger partial charge >= 0.3 is 0 Å². The van der Waals surface area contributed by atoms with E-state index >= 15 is 0 Å². The van der Waals surface area contributed by atoms with Crippen molar-refractivity contribution in [2.45, 2.75) is 45.0 Å². The highest BCUT2D eigenvalue weighted by atomic mass is 35.5. The van der Waals surface area contributed by atoms with E-state index in [0.29, 0.717) is 11.0 Å². The molecule has 0 spiro atoms. The van der Waals surface area contributed by atoms with E-state index in [4.69, 9.17) is 21.0 Å². The van der Waals surface area contributed by atoms with Gasteiger partial charge in [0, 0.05) is 5.39 Å². The first-order valence-corrected chi connectivity index (χ1v) is 12.1. The van der Waals surface area contributed by atoms with E-state index in [1.54, 1.807) is 0 Å². The van der Waals surface area contributed by atoms with E-state index in [9.17, 15) is 0 Å². The Bertz CT molecular complexity index is 907. The van der Waals surface area contributed by atoms with Crippen molar-refractivity contribution < 1.29 is 4.43 Å². The highest BCUT2D eigenvalue weighted by Crippen LogP contribution is 2.41. The molecular weight excluding hydrogens is 360 g/mol. The summed E-state index contributed by atoms with van der Waals surface area (Å²) in [5, 5.41) is 1.41. The monoisotopic (exact) mass is 384 g/mol. The number of hydrogen-bond donors (Lipinski definition) is 0. The van der Waals surface area contributed by atoms with Crippen molar-refractivity contribution in [1.82, 2.24) is 9.97 Å². The van der Waals surface area contributed by atoms with Crippen LogP contribution in [0.15, 0.2) is 54.6 Å². The van der Waals surface area contributed by atoms with E-state index in [2.05, 4.69) is 51.0 Å². The normalized spacial score (nSPS) is 13.8. The summed E-state index contributed by atoms with van der Waals surface area (Å²) in [5.74, 6) is 0.615. The fourth-order valence-electron chi connectivity index (χ4n) is 2.54. The van der Waals surface area contributed by atoms with Crippen molar-refractivity contribution in [1.29, 1.82) is 0 Å². The van der Waals surface area contributed by atoms with Crippen LogP contribution in [0.3, 0.4) is 0 Å². The lowest BCUT2D eigenvalue weighted by molar-refractivity contribution is 0.213. The smallest absolute Gasteiger partial charge is 0.193 e. The largest absolute Gasteiger partial charge is 0.403 e. The Balaban J connectivity index is 2.13. The second kappa shape index (κ2) is 7.10. The lowest BCUT2D eigenvalue weighted by Crippen LogP contribution is -2.42. The zero-order valence-corrected chi connectivity index (χ0v) is 17.7. The molecule has 26 heavy (non-hydrogen) atoms. The van der Waals surface area contributed by atoms with Gasteiger partial charge in [-0.3, -0.25) is 0 Å². The molecule has 1 atom stereocenters. The number of hydrogen-bond acceptors (Lipinski definition) is 3. The molecule has 0 aliphatic carbocycles. The molecule has 0 fully saturated rings. The molecule has 5 heteroatoms. The second-order valence-electron chi connectivity index (χ2n) is 8.06. The molecule has 3 aromatic rings. The minimum absolute atomic E-state index is 0.0840. The highest BCUT2D eigenvalue weighted by molar-refractivity contribution is 6.74. The molecule has 1 heterocycles. The summed E-state index contributed by atoms with van der Waals surface area (Å²) in [5.41, 5.74) is 1.88. The van der Waals surface area contributed by atoms with Gasteiger partial charge in [0.15, 0.2) is 14.1 Å². The molecule has 0 saturated carbocycles. The molecule has 0 aliphatic rings. The molecular formula is C21H25ClN2OSi. The Morgan fingerprint density at radius 1 is 0.923 bits per heavy atom. The summed E-state index contributed by atoms with van der Waals surface area (Å²) in [6.07, 6.45) is -0.334. The number of halogens is 1. The van der Waals surface area contributed by atoms with Crippen LogP contribution in [0.4, 0.5) is 0 Å². The Hall–Kier alpha value is -1.75. The predicted octanol–water partition coefficient (Wildman–Crippen LogP) is 6.39. The standard InChI is InChI=1S/C21H25ClN2OSi/c1-21(2,3)26(4,5)25-18(15-11-7-6-8-12-15)20-23-17-14-10-9-13-16(17)19(22)24-20/h6-14,18H,1-5H3/t18-/m0/s1. The van der Waals surface area contributed by atoms with E-state index in [1.165, 1.54) is 0 Å². The predicted molar refractivity (Wildman–Crippen MR) is 111 cm³/mol. The first kappa shape index (κ1) is 19.0. The molecule has 1 aromatic heterocycles. The van der Waals surface area contributed by atoms with Gasteiger partial charge in [-0.15, -0.1) is 0 Å². The third kappa shape index (κ3) is 3.82. The summed E-state index contributed by atoms with van der Waals surface area (Å²) >= 11 is 6.46. The quantitative estimate of drug-likeness (QED) is 0.386. The molecule has 0 radical (unpaired) electrons. The van der Waals surface area contributed by atoms with Crippen LogP contribution in [0.5, 0.6) is 0 Å². The molecule has 0 saturated heterocycles. The van der Waals surface area contributed by atoms with Gasteiger partial charge in [0.05, 0.1) is 5.52 Å². The number of para-hydroxylation sites is 1. The minimum Gasteiger partial charge on any atom is -0.403 e. The van der Waals surface area contributed by atoms with Crippen molar-refractivity contribution >= 4 is 30.8 Å². The average Bonchev–Trinajstić information content (AvgIpc) is 2.59. The zero-order chi connectivity index (χ0) is 18.9. The van der Waals surface area contributed by atoms with Crippen LogP contribution in [-0.4, -0.2) is 18.3 Å². The Labute approximate surface area is 161 Å². The molecule has 0 bridgehead atoms. The lowest BCUT2D eigenvalue weighted by Gasteiger charge is -2.39. The summed E-state index contributed by atoms with van der Waals surface area (Å²) < 4.78 is 6.73. The summed E-state index contributed by atoms with van der Waals surface area (Å²) in [7, 11) is -2.04. The van der Waals surface area contributed by atoms with Gasteiger partial charge in [0.2, 0.25) is 0 Å². The Morgan fingerprint density at radius 2 is 1.54 bits per heavy atom. The third-order valence-electron chi connectivity index (χ3n) is 5.13. The maximum absolute atomic E-state index is 6.73. The number of rotatable bonds is 4. The van der Waals surface area contributed by atoms with Crippen LogP contribution in [0.25, 0.3) is 10.9 Å². The van der Waals surface area contributed by atoms with Crippen LogP contribution in [0.1, 0.15) is 38.3 Å². The van der Waals surface area contributed by atoms with E-state index in [0.717, 1.165) is 16.5 Å². The van der Waals surface area contributed by atoms with Gasteiger partial charge in [-0.1, -0.05) is 74.8 Å². The lowest BCUT2D eigenvalue weighted by atomic mass is 10.1. The fourth-order valence-corrected chi connectivity index (χ4v) is 3.97. The molecule has 0 unspecified atom stereocenters. The van der Waals surface area contributed by atoms with E-state index in [1.807, 2.05) is 42.5 Å². The number of fused-ring (bicyclic) bond motifs is 1. The van der Waals surface area contributed by atoms with Crippen LogP contribution < -0.4 is 0 Å². The number of benzene rings is 2. The fraction of sp³-hybridized carbons (Fsp3) is 0.333. The zero-order valence-electron chi connectivity index (χ0n) is 16.0. The SMILES string of the molecule is CC(C)(C)[Si](C)(C)O[C@@H](c1ccccc1)c1nc(Cl)c2ccccc2n1. The Morgan fingerprint density at radius 3 is 2.19 bits per heavy atom. The first-order valence-electron chi connectivity index (χ1n) is 8.84. The van der Waals surface area contributed by atoms with Crippen molar-refractivity contribution in [3.63, 3.8) is 0 Å². The maximum Gasteiger partial charge on any atom is 0.193 e. The van der Waals surface area contributed by atoms with Crippen molar-refractivity contribution in [3.05, 3.63) is 71.1 Å². The Kier molecular flexibility index (Phi) is 5.20. The highest BCUT2D eigenvalue weighted by Gasteiger charge is 2.40. The van der Waals surface area contributed by atoms with Gasteiger partial charge in [-0.05, 0) is 35.8 Å². The topological polar surface area (TPSA) is 35.0 Å². The molecule has 0 aliphatic heterocycles. The number of nitrogens with zero attached hydrogens (tertiary/aromatic N) is 2. The first-order chi connectivity index (χ1) is 12.2. The molecule has 136 valence electrons. The average molecular weight is 385 g/mol. The molecule has 0 N–H and O–H groups in total. The molecule has 0 amide bonds. The molecule has 2 aromatic carbocycles. The van der Waals surface area contributed by atoms with Crippen molar-refractivity contribution in [3.8, 4) is 0 Å². The molecule has 3 rings (SSSR count). The second-order valence-corrected chi connectivity index (χ2v) is 13.2.